The number of rotatable bonds is 1. The summed E-state index contributed by atoms with van der Waals surface area (Å²) in [6.07, 6.45) is 5.09. The van der Waals surface area contributed by atoms with Gasteiger partial charge in [0.05, 0.1) is 11.7 Å². The van der Waals surface area contributed by atoms with Crippen molar-refractivity contribution in [2.24, 2.45) is 0 Å². The minimum absolute atomic E-state index is 0.322. The average molecular weight is 222 g/mol. The van der Waals surface area contributed by atoms with Crippen LogP contribution in [0.4, 0.5) is 0 Å². The van der Waals surface area contributed by atoms with Crippen LogP contribution in [0, 0.1) is 0 Å². The van der Waals surface area contributed by atoms with Gasteiger partial charge in [0, 0.05) is 10.3 Å². The van der Waals surface area contributed by atoms with Crippen molar-refractivity contribution in [3.05, 3.63) is 15.6 Å². The molecule has 3 heteroatoms. The Morgan fingerprint density at radius 1 is 1.47 bits per heavy atom. The van der Waals surface area contributed by atoms with Crippen LogP contribution in [0.2, 0.25) is 0 Å². The van der Waals surface area contributed by atoms with Crippen LogP contribution in [-0.2, 0) is 11.8 Å². The number of hydrogen-bond donors (Lipinski definition) is 1. The van der Waals surface area contributed by atoms with E-state index >= 15 is 0 Å². The van der Waals surface area contributed by atoms with Crippen LogP contribution in [0.15, 0.2) is 0 Å². The summed E-state index contributed by atoms with van der Waals surface area (Å²) in [7, 11) is 0. The van der Waals surface area contributed by atoms with Crippen LogP contribution < -0.4 is 5.32 Å². The smallest absolute Gasteiger partial charge is 0.110 e. The first-order chi connectivity index (χ1) is 7.17. The van der Waals surface area contributed by atoms with E-state index in [1.807, 2.05) is 11.3 Å². The van der Waals surface area contributed by atoms with Crippen LogP contribution in [0.25, 0.3) is 0 Å². The van der Waals surface area contributed by atoms with E-state index in [1.54, 1.807) is 4.88 Å². The van der Waals surface area contributed by atoms with E-state index in [-0.39, 0.29) is 0 Å². The molecule has 0 amide bonds. The Labute approximate surface area is 95.1 Å². The molecule has 2 nitrogen and oxygen atoms in total. The van der Waals surface area contributed by atoms with Gasteiger partial charge in [0.25, 0.3) is 0 Å². The zero-order valence-electron chi connectivity index (χ0n) is 9.47. The van der Waals surface area contributed by atoms with Gasteiger partial charge in [0.2, 0.25) is 0 Å². The quantitative estimate of drug-likeness (QED) is 0.790. The highest BCUT2D eigenvalue weighted by molar-refractivity contribution is 7.11. The van der Waals surface area contributed by atoms with Gasteiger partial charge in [-0.1, -0.05) is 13.8 Å². The first-order valence-corrected chi connectivity index (χ1v) is 6.72. The van der Waals surface area contributed by atoms with Crippen LogP contribution in [0.1, 0.15) is 54.7 Å². The molecule has 0 saturated carbocycles. The SMILES string of the molecule is CC1(C)CCc2sc(C3CCCN3)nc21. The van der Waals surface area contributed by atoms with Gasteiger partial charge in [-0.3, -0.25) is 0 Å². The molecule has 1 fully saturated rings. The van der Waals surface area contributed by atoms with E-state index in [0.717, 1.165) is 6.54 Å². The normalized spacial score (nSPS) is 28.3. The van der Waals surface area contributed by atoms with Crippen LogP contribution in [-0.4, -0.2) is 11.5 Å². The third-order valence-corrected chi connectivity index (χ3v) is 4.92. The molecule has 1 aliphatic heterocycles. The molecular weight excluding hydrogens is 204 g/mol. The Kier molecular flexibility index (Phi) is 2.15. The third-order valence-electron chi connectivity index (χ3n) is 3.69. The fraction of sp³-hybridized carbons (Fsp3) is 0.750. The maximum absolute atomic E-state index is 4.88. The lowest BCUT2D eigenvalue weighted by atomic mass is 9.91. The molecule has 0 radical (unpaired) electrons. The van der Waals surface area contributed by atoms with Crippen molar-refractivity contribution in [2.45, 2.75) is 51.0 Å². The molecule has 0 spiro atoms. The van der Waals surface area contributed by atoms with Gasteiger partial charge < -0.3 is 5.32 Å². The number of fused-ring (bicyclic) bond motifs is 1. The van der Waals surface area contributed by atoms with Crippen molar-refractivity contribution in [2.75, 3.05) is 6.54 Å². The fourth-order valence-corrected chi connectivity index (χ4v) is 4.01. The van der Waals surface area contributed by atoms with Crippen molar-refractivity contribution in [3.8, 4) is 0 Å². The van der Waals surface area contributed by atoms with Crippen molar-refractivity contribution >= 4 is 11.3 Å². The molecule has 0 aromatic carbocycles. The molecule has 15 heavy (non-hydrogen) atoms. The summed E-state index contributed by atoms with van der Waals surface area (Å²) < 4.78 is 0. The monoisotopic (exact) mass is 222 g/mol. The van der Waals surface area contributed by atoms with Crippen molar-refractivity contribution in [3.63, 3.8) is 0 Å². The maximum atomic E-state index is 4.88. The highest BCUT2D eigenvalue weighted by Gasteiger charge is 2.35. The Morgan fingerprint density at radius 3 is 3.00 bits per heavy atom. The molecular formula is C12H18N2S. The lowest BCUT2D eigenvalue weighted by Gasteiger charge is -2.16. The molecule has 1 N–H and O–H groups in total. The lowest BCUT2D eigenvalue weighted by molar-refractivity contribution is 0.505. The highest BCUT2D eigenvalue weighted by atomic mass is 32.1. The Morgan fingerprint density at radius 2 is 2.33 bits per heavy atom. The number of aryl methyl sites for hydroxylation is 1. The van der Waals surface area contributed by atoms with E-state index < -0.39 is 0 Å². The molecule has 1 aromatic rings. The summed E-state index contributed by atoms with van der Waals surface area (Å²) in [5.74, 6) is 0. The molecule has 1 aromatic heterocycles. The molecule has 1 unspecified atom stereocenters. The second-order valence-electron chi connectivity index (χ2n) is 5.36. The molecule has 1 aliphatic carbocycles. The van der Waals surface area contributed by atoms with Crippen LogP contribution >= 0.6 is 11.3 Å². The second-order valence-corrected chi connectivity index (χ2v) is 6.47. The molecule has 1 atom stereocenters. The number of thiazole rings is 1. The number of hydrogen-bond acceptors (Lipinski definition) is 3. The summed E-state index contributed by atoms with van der Waals surface area (Å²) in [5, 5.41) is 4.88. The topological polar surface area (TPSA) is 24.9 Å². The van der Waals surface area contributed by atoms with E-state index in [2.05, 4.69) is 19.2 Å². The standard InChI is InChI=1S/C12H18N2S/c1-12(2)6-5-9-10(12)14-11(15-9)8-4-3-7-13-8/h8,13H,3-7H2,1-2H3. The fourth-order valence-electron chi connectivity index (χ4n) is 2.66. The van der Waals surface area contributed by atoms with Crippen LogP contribution in [0.3, 0.4) is 0 Å². The highest BCUT2D eigenvalue weighted by Crippen LogP contribution is 2.42. The number of aromatic nitrogens is 1. The van der Waals surface area contributed by atoms with Gasteiger partial charge in [-0.15, -0.1) is 11.3 Å². The summed E-state index contributed by atoms with van der Waals surface area (Å²) in [5.41, 5.74) is 1.71. The number of nitrogens with zero attached hydrogens (tertiary/aromatic N) is 1. The van der Waals surface area contributed by atoms with E-state index in [0.29, 0.717) is 11.5 Å². The predicted molar refractivity (Wildman–Crippen MR) is 63.4 cm³/mol. The summed E-state index contributed by atoms with van der Waals surface area (Å²) in [6, 6.07) is 0.552. The molecule has 2 aliphatic rings. The molecule has 3 rings (SSSR count). The lowest BCUT2D eigenvalue weighted by Crippen LogP contribution is -2.16. The maximum Gasteiger partial charge on any atom is 0.110 e. The zero-order valence-corrected chi connectivity index (χ0v) is 10.3. The first-order valence-electron chi connectivity index (χ1n) is 5.90. The Balaban J connectivity index is 1.94. The van der Waals surface area contributed by atoms with Gasteiger partial charge in [-0.2, -0.15) is 0 Å². The average Bonchev–Trinajstić information content (AvgIpc) is 2.85. The van der Waals surface area contributed by atoms with Crippen LogP contribution in [0.5, 0.6) is 0 Å². The van der Waals surface area contributed by atoms with Gasteiger partial charge in [-0.05, 0) is 32.2 Å². The van der Waals surface area contributed by atoms with Crippen molar-refractivity contribution < 1.29 is 0 Å². The zero-order chi connectivity index (χ0) is 10.5. The summed E-state index contributed by atoms with van der Waals surface area (Å²) in [4.78, 5) is 6.43. The van der Waals surface area contributed by atoms with Crippen molar-refractivity contribution in [1.82, 2.24) is 10.3 Å². The van der Waals surface area contributed by atoms with Gasteiger partial charge >= 0.3 is 0 Å². The molecule has 2 heterocycles. The molecule has 1 saturated heterocycles. The second kappa shape index (κ2) is 3.29. The summed E-state index contributed by atoms with van der Waals surface area (Å²) in [6.45, 7) is 5.81. The Hall–Kier alpha value is -0.410. The predicted octanol–water partition coefficient (Wildman–Crippen LogP) is 2.79. The summed E-state index contributed by atoms with van der Waals surface area (Å²) >= 11 is 1.95. The Bertz CT molecular complexity index is 375. The minimum atomic E-state index is 0.322. The van der Waals surface area contributed by atoms with Crippen molar-refractivity contribution in [1.29, 1.82) is 0 Å². The molecule has 0 bridgehead atoms. The van der Waals surface area contributed by atoms with Gasteiger partial charge in [-0.25, -0.2) is 4.98 Å². The third kappa shape index (κ3) is 1.53. The van der Waals surface area contributed by atoms with Gasteiger partial charge in [0.1, 0.15) is 5.01 Å². The molecule has 82 valence electrons. The van der Waals surface area contributed by atoms with Gasteiger partial charge in [0.15, 0.2) is 0 Å². The van der Waals surface area contributed by atoms with E-state index in [9.17, 15) is 0 Å². The van der Waals surface area contributed by atoms with E-state index in [1.165, 1.54) is 36.4 Å². The number of nitrogens with one attached hydrogen (secondary N) is 1. The first kappa shape index (κ1) is 9.79. The minimum Gasteiger partial charge on any atom is -0.308 e. The van der Waals surface area contributed by atoms with E-state index in [4.69, 9.17) is 4.98 Å². The largest absolute Gasteiger partial charge is 0.308 e.